The lowest BCUT2D eigenvalue weighted by molar-refractivity contribution is 0.628. The zero-order valence-electron chi connectivity index (χ0n) is 12.7. The van der Waals surface area contributed by atoms with Crippen LogP contribution in [-0.4, -0.2) is 20.8 Å². The highest BCUT2D eigenvalue weighted by Gasteiger charge is 2.17. The lowest BCUT2D eigenvalue weighted by atomic mass is 10.0. The molecule has 2 heterocycles. The molecular weight excluding hydrogens is 313 g/mol. The quantitative estimate of drug-likeness (QED) is 0.547. The van der Waals surface area contributed by atoms with Crippen molar-refractivity contribution in [3.63, 3.8) is 0 Å². The third-order valence-corrected chi connectivity index (χ3v) is 4.25. The Labute approximate surface area is 137 Å². The van der Waals surface area contributed by atoms with Gasteiger partial charge in [-0.3, -0.25) is 14.3 Å². The summed E-state index contributed by atoms with van der Waals surface area (Å²) in [5.74, 6) is -0.343. The molecule has 0 atom stereocenters. The zero-order chi connectivity index (χ0) is 16.4. The fourth-order valence-corrected chi connectivity index (χ4v) is 2.90. The van der Waals surface area contributed by atoms with E-state index >= 15 is 0 Å². The summed E-state index contributed by atoms with van der Waals surface area (Å²) in [6, 6.07) is 9.48. The van der Waals surface area contributed by atoms with E-state index < -0.39 is 0 Å². The van der Waals surface area contributed by atoms with Crippen LogP contribution in [0.2, 0.25) is 0 Å². The monoisotopic (exact) mass is 327 g/mol. The van der Waals surface area contributed by atoms with Crippen LogP contribution in [0.1, 0.15) is 0 Å². The number of thioether (sulfide) groups is 1. The van der Waals surface area contributed by atoms with Crippen LogP contribution in [0.25, 0.3) is 22.4 Å². The molecule has 0 saturated heterocycles. The van der Waals surface area contributed by atoms with E-state index in [2.05, 4.69) is 9.97 Å². The molecule has 0 aliphatic rings. The SMILES string of the molecule is CSc1nc(-c2ccncc2)c(-c2ccc(F)cc2)c(=O)n1C. The predicted molar refractivity (Wildman–Crippen MR) is 89.9 cm³/mol. The Balaban J connectivity index is 2.35. The van der Waals surface area contributed by atoms with Crippen LogP contribution in [0, 0.1) is 5.82 Å². The van der Waals surface area contributed by atoms with E-state index in [9.17, 15) is 9.18 Å². The minimum atomic E-state index is -0.343. The molecule has 0 aliphatic carbocycles. The van der Waals surface area contributed by atoms with Gasteiger partial charge in [0.05, 0.1) is 11.3 Å². The van der Waals surface area contributed by atoms with E-state index in [4.69, 9.17) is 0 Å². The molecule has 0 fully saturated rings. The molecular formula is C17H14FN3OS. The summed E-state index contributed by atoms with van der Waals surface area (Å²) in [7, 11) is 1.69. The van der Waals surface area contributed by atoms with Gasteiger partial charge in [0, 0.05) is 25.0 Å². The second-order valence-corrected chi connectivity index (χ2v) is 5.70. The highest BCUT2D eigenvalue weighted by Crippen LogP contribution is 2.29. The summed E-state index contributed by atoms with van der Waals surface area (Å²) in [5.41, 5.74) is 2.30. The average Bonchev–Trinajstić information content (AvgIpc) is 2.59. The standard InChI is InChI=1S/C17H14FN3OS/c1-21-16(22)14(11-3-5-13(18)6-4-11)15(20-17(21)23-2)12-7-9-19-10-8-12/h3-10H,1-2H3. The normalized spacial score (nSPS) is 10.7. The number of nitrogens with zero attached hydrogens (tertiary/aromatic N) is 3. The van der Waals surface area contributed by atoms with Gasteiger partial charge in [0.1, 0.15) is 5.82 Å². The van der Waals surface area contributed by atoms with Crippen LogP contribution in [0.5, 0.6) is 0 Å². The van der Waals surface area contributed by atoms with Gasteiger partial charge < -0.3 is 0 Å². The molecule has 0 spiro atoms. The minimum Gasteiger partial charge on any atom is -0.290 e. The number of pyridine rings is 1. The van der Waals surface area contributed by atoms with Gasteiger partial charge in [-0.05, 0) is 36.1 Å². The number of hydrogen-bond donors (Lipinski definition) is 0. The van der Waals surface area contributed by atoms with Gasteiger partial charge in [0.15, 0.2) is 5.16 Å². The topological polar surface area (TPSA) is 47.8 Å². The molecule has 116 valence electrons. The first-order valence-corrected chi connectivity index (χ1v) is 8.15. The molecule has 3 rings (SSSR count). The summed E-state index contributed by atoms with van der Waals surface area (Å²) in [5, 5.41) is 0.618. The molecule has 6 heteroatoms. The van der Waals surface area contributed by atoms with Gasteiger partial charge in [0.25, 0.3) is 5.56 Å². The number of benzene rings is 1. The molecule has 0 radical (unpaired) electrons. The van der Waals surface area contributed by atoms with E-state index in [0.29, 0.717) is 22.0 Å². The molecule has 0 N–H and O–H groups in total. The third kappa shape index (κ3) is 2.90. The van der Waals surface area contributed by atoms with Crippen LogP contribution in [-0.2, 0) is 7.05 Å². The smallest absolute Gasteiger partial charge is 0.262 e. The molecule has 1 aromatic carbocycles. The van der Waals surface area contributed by atoms with Crippen molar-refractivity contribution >= 4 is 11.8 Å². The molecule has 3 aromatic rings. The van der Waals surface area contributed by atoms with Crippen LogP contribution in [0.15, 0.2) is 58.7 Å². The maximum Gasteiger partial charge on any atom is 0.262 e. The van der Waals surface area contributed by atoms with Gasteiger partial charge in [-0.2, -0.15) is 0 Å². The molecule has 0 amide bonds. The van der Waals surface area contributed by atoms with E-state index in [0.717, 1.165) is 5.56 Å². The minimum absolute atomic E-state index is 0.164. The van der Waals surface area contributed by atoms with Crippen molar-refractivity contribution in [3.05, 3.63) is 65.0 Å². The summed E-state index contributed by atoms with van der Waals surface area (Å²) in [6.07, 6.45) is 5.18. The number of hydrogen-bond acceptors (Lipinski definition) is 4. The van der Waals surface area contributed by atoms with Gasteiger partial charge >= 0.3 is 0 Å². The largest absolute Gasteiger partial charge is 0.290 e. The van der Waals surface area contributed by atoms with Crippen LogP contribution in [0.4, 0.5) is 4.39 Å². The summed E-state index contributed by atoms with van der Waals surface area (Å²) in [6.45, 7) is 0. The molecule has 0 saturated carbocycles. The van der Waals surface area contributed by atoms with Gasteiger partial charge in [-0.15, -0.1) is 0 Å². The average molecular weight is 327 g/mol. The molecule has 0 aliphatic heterocycles. The molecule has 4 nitrogen and oxygen atoms in total. The van der Waals surface area contributed by atoms with E-state index in [1.807, 2.05) is 6.26 Å². The number of rotatable bonds is 3. The number of halogens is 1. The van der Waals surface area contributed by atoms with Gasteiger partial charge in [-0.1, -0.05) is 23.9 Å². The van der Waals surface area contributed by atoms with Crippen molar-refractivity contribution in [3.8, 4) is 22.4 Å². The van der Waals surface area contributed by atoms with Crippen LogP contribution < -0.4 is 5.56 Å². The zero-order valence-corrected chi connectivity index (χ0v) is 13.5. The molecule has 0 unspecified atom stereocenters. The van der Waals surface area contributed by atoms with Crippen molar-refractivity contribution in [2.24, 2.45) is 7.05 Å². The first-order chi connectivity index (χ1) is 11.1. The highest BCUT2D eigenvalue weighted by atomic mass is 32.2. The van der Waals surface area contributed by atoms with E-state index in [1.165, 1.54) is 28.5 Å². The van der Waals surface area contributed by atoms with Gasteiger partial charge in [0.2, 0.25) is 0 Å². The Morgan fingerprint density at radius 3 is 2.30 bits per heavy atom. The second kappa shape index (κ2) is 6.34. The van der Waals surface area contributed by atoms with Gasteiger partial charge in [-0.25, -0.2) is 9.37 Å². The fourth-order valence-electron chi connectivity index (χ4n) is 2.36. The maximum absolute atomic E-state index is 13.2. The van der Waals surface area contributed by atoms with Crippen molar-refractivity contribution in [1.82, 2.24) is 14.5 Å². The summed E-state index contributed by atoms with van der Waals surface area (Å²) >= 11 is 1.40. The van der Waals surface area contributed by atoms with E-state index in [1.54, 1.807) is 43.7 Å². The Morgan fingerprint density at radius 1 is 1.04 bits per heavy atom. The summed E-state index contributed by atoms with van der Waals surface area (Å²) in [4.78, 5) is 21.5. The van der Waals surface area contributed by atoms with Crippen LogP contribution in [0.3, 0.4) is 0 Å². The fraction of sp³-hybridized carbons (Fsp3) is 0.118. The Hall–Kier alpha value is -2.47. The van der Waals surface area contributed by atoms with Crippen molar-refractivity contribution in [2.75, 3.05) is 6.26 Å². The summed E-state index contributed by atoms with van der Waals surface area (Å²) < 4.78 is 14.7. The first-order valence-electron chi connectivity index (χ1n) is 6.93. The first kappa shape index (κ1) is 15.4. The van der Waals surface area contributed by atoms with E-state index in [-0.39, 0.29) is 11.4 Å². The molecule has 2 aromatic heterocycles. The molecule has 23 heavy (non-hydrogen) atoms. The third-order valence-electron chi connectivity index (χ3n) is 3.52. The van der Waals surface area contributed by atoms with Crippen molar-refractivity contribution in [2.45, 2.75) is 5.16 Å². The number of aromatic nitrogens is 3. The Kier molecular flexibility index (Phi) is 4.25. The lowest BCUT2D eigenvalue weighted by Gasteiger charge is -2.13. The molecule has 0 bridgehead atoms. The highest BCUT2D eigenvalue weighted by molar-refractivity contribution is 7.98. The predicted octanol–water partition coefficient (Wildman–Crippen LogP) is 3.37. The van der Waals surface area contributed by atoms with Crippen molar-refractivity contribution < 1.29 is 4.39 Å². The lowest BCUT2D eigenvalue weighted by Crippen LogP contribution is -2.22. The Bertz CT molecular complexity index is 892. The second-order valence-electron chi connectivity index (χ2n) is 4.93. The van der Waals surface area contributed by atoms with Crippen LogP contribution >= 0.6 is 11.8 Å². The Morgan fingerprint density at radius 2 is 1.70 bits per heavy atom. The van der Waals surface area contributed by atoms with Crippen molar-refractivity contribution in [1.29, 1.82) is 0 Å². The maximum atomic E-state index is 13.2.